The van der Waals surface area contributed by atoms with Gasteiger partial charge in [0.2, 0.25) is 11.8 Å². The Labute approximate surface area is 142 Å². The van der Waals surface area contributed by atoms with Gasteiger partial charge in [-0.05, 0) is 43.2 Å². The van der Waals surface area contributed by atoms with Crippen molar-refractivity contribution in [3.63, 3.8) is 0 Å². The van der Waals surface area contributed by atoms with Crippen LogP contribution in [0.25, 0.3) is 0 Å². The monoisotopic (exact) mass is 354 g/mol. The number of rotatable bonds is 7. The summed E-state index contributed by atoms with van der Waals surface area (Å²) in [6, 6.07) is 8.20. The first kappa shape index (κ1) is 17.6. The summed E-state index contributed by atoms with van der Waals surface area (Å²) >= 11 is 0. The number of aromatic hydroxyl groups is 2. The summed E-state index contributed by atoms with van der Waals surface area (Å²) in [5.74, 6) is -1.17. The molecule has 2 aromatic rings. The van der Waals surface area contributed by atoms with Gasteiger partial charge < -0.3 is 15.1 Å². The predicted molar refractivity (Wildman–Crippen MR) is 90.3 cm³/mol. The molecule has 0 bridgehead atoms. The molecule has 0 unspecified atom stereocenters. The number of hydrogen-bond donors (Lipinski definition) is 2. The first-order chi connectivity index (χ1) is 10.9. The fourth-order valence-electron chi connectivity index (χ4n) is 1.64. The maximum absolute atomic E-state index is 11.8. The zero-order chi connectivity index (χ0) is 16.9. The van der Waals surface area contributed by atoms with E-state index in [-0.39, 0.29) is 22.9 Å². The van der Waals surface area contributed by atoms with Crippen molar-refractivity contribution in [3.05, 3.63) is 36.5 Å². The number of nitrogens with zero attached hydrogens (tertiary/aromatic N) is 2. The van der Waals surface area contributed by atoms with E-state index in [1.807, 2.05) is 32.0 Å². The van der Waals surface area contributed by atoms with Crippen molar-refractivity contribution in [2.24, 2.45) is 0 Å². The summed E-state index contributed by atoms with van der Waals surface area (Å²) < 4.78 is 0.535. The molecule has 8 heteroatoms. The lowest BCUT2D eigenvalue weighted by Gasteiger charge is -2.22. The third-order valence-corrected chi connectivity index (χ3v) is 6.18. The fraction of sp³-hybridized carbons (Fsp3) is 0.333. The van der Waals surface area contributed by atoms with E-state index in [2.05, 4.69) is 4.98 Å². The van der Waals surface area contributed by atoms with Gasteiger partial charge in [0.25, 0.3) is 0 Å². The molecular weight excluding hydrogens is 336 g/mol. The summed E-state index contributed by atoms with van der Waals surface area (Å²) in [6.07, 6.45) is 2.49. The number of aromatic nitrogens is 2. The van der Waals surface area contributed by atoms with Crippen molar-refractivity contribution in [1.29, 1.82) is 0 Å². The Morgan fingerprint density at radius 3 is 2.57 bits per heavy atom. The van der Waals surface area contributed by atoms with Crippen LogP contribution in [0.15, 0.2) is 41.6 Å². The van der Waals surface area contributed by atoms with Crippen molar-refractivity contribution >= 4 is 27.6 Å². The van der Waals surface area contributed by atoms with Gasteiger partial charge in [-0.2, -0.15) is 0 Å². The van der Waals surface area contributed by atoms with E-state index < -0.39 is 5.97 Å². The minimum atomic E-state index is -0.525. The molecule has 124 valence electrons. The summed E-state index contributed by atoms with van der Waals surface area (Å²) in [6.45, 7) is 4.07. The molecular formula is C15H18N2O4S2. The van der Waals surface area contributed by atoms with Crippen LogP contribution < -0.4 is 4.84 Å². The third kappa shape index (κ3) is 5.40. The predicted octanol–water partition coefficient (Wildman–Crippen LogP) is 3.25. The number of carbonyl (C=O) groups excluding carboxylic acids is 1. The van der Waals surface area contributed by atoms with Gasteiger partial charge in [-0.1, -0.05) is 16.9 Å². The minimum absolute atomic E-state index is 0.165. The Bertz CT molecular complexity index is 639. The molecule has 6 nitrogen and oxygen atoms in total. The van der Waals surface area contributed by atoms with E-state index in [1.165, 1.54) is 12.1 Å². The van der Waals surface area contributed by atoms with Crippen LogP contribution >= 0.6 is 21.6 Å². The quantitative estimate of drug-likeness (QED) is 0.738. The van der Waals surface area contributed by atoms with Gasteiger partial charge in [0.1, 0.15) is 5.03 Å². The van der Waals surface area contributed by atoms with Crippen molar-refractivity contribution < 1.29 is 19.8 Å². The van der Waals surface area contributed by atoms with E-state index in [4.69, 9.17) is 4.84 Å². The highest BCUT2D eigenvalue weighted by atomic mass is 33.1. The zero-order valence-corrected chi connectivity index (χ0v) is 14.4. The average molecular weight is 354 g/mol. The van der Waals surface area contributed by atoms with Crippen molar-refractivity contribution in [3.8, 4) is 11.8 Å². The standard InChI is InChI=1S/C15H18N2O4S2/c1-15(2,23-22-11-5-3-4-10-16-11)9-8-14(20)21-17-12(18)6-7-13(17)19/h3-7,10,18-19H,8-9H2,1-2H3. The van der Waals surface area contributed by atoms with Gasteiger partial charge in [-0.25, -0.2) is 9.78 Å². The van der Waals surface area contributed by atoms with Crippen LogP contribution in [0.4, 0.5) is 0 Å². The van der Waals surface area contributed by atoms with Gasteiger partial charge >= 0.3 is 5.97 Å². The summed E-state index contributed by atoms with van der Waals surface area (Å²) in [5.41, 5.74) is 0. The van der Waals surface area contributed by atoms with Crippen LogP contribution in [0.5, 0.6) is 11.8 Å². The molecule has 0 spiro atoms. The molecule has 0 saturated heterocycles. The van der Waals surface area contributed by atoms with Crippen LogP contribution in [0, 0.1) is 0 Å². The van der Waals surface area contributed by atoms with Crippen molar-refractivity contribution in [2.75, 3.05) is 0 Å². The topological polar surface area (TPSA) is 84.6 Å². The van der Waals surface area contributed by atoms with Crippen molar-refractivity contribution in [2.45, 2.75) is 36.5 Å². The average Bonchev–Trinajstić information content (AvgIpc) is 2.84. The van der Waals surface area contributed by atoms with Crippen LogP contribution in [0.2, 0.25) is 0 Å². The summed E-state index contributed by atoms with van der Waals surface area (Å²) in [4.78, 5) is 21.0. The highest BCUT2D eigenvalue weighted by Gasteiger charge is 2.22. The minimum Gasteiger partial charge on any atom is -0.492 e. The van der Waals surface area contributed by atoms with Gasteiger partial charge in [-0.15, -0.1) is 4.73 Å². The third-order valence-electron chi connectivity index (χ3n) is 2.91. The first-order valence-electron chi connectivity index (χ1n) is 6.95. The Balaban J connectivity index is 1.80. The molecule has 0 aliphatic rings. The lowest BCUT2D eigenvalue weighted by molar-refractivity contribution is -0.145. The zero-order valence-electron chi connectivity index (χ0n) is 12.8. The van der Waals surface area contributed by atoms with Crippen LogP contribution in [0.1, 0.15) is 26.7 Å². The maximum Gasteiger partial charge on any atom is 0.333 e. The second-order valence-electron chi connectivity index (χ2n) is 5.40. The highest BCUT2D eigenvalue weighted by molar-refractivity contribution is 8.77. The van der Waals surface area contributed by atoms with Crippen LogP contribution in [-0.2, 0) is 4.79 Å². The van der Waals surface area contributed by atoms with Gasteiger partial charge in [0, 0.05) is 29.5 Å². The molecule has 0 aliphatic carbocycles. The molecule has 2 heterocycles. The molecule has 23 heavy (non-hydrogen) atoms. The molecule has 0 radical (unpaired) electrons. The Morgan fingerprint density at radius 2 is 1.96 bits per heavy atom. The summed E-state index contributed by atoms with van der Waals surface area (Å²) in [5, 5.41) is 19.8. The molecule has 0 fully saturated rings. The van der Waals surface area contributed by atoms with Crippen molar-refractivity contribution in [1.82, 2.24) is 9.71 Å². The molecule has 0 amide bonds. The Kier molecular flexibility index (Phi) is 5.84. The number of pyridine rings is 1. The van der Waals surface area contributed by atoms with Gasteiger partial charge in [-0.3, -0.25) is 0 Å². The molecule has 0 saturated carbocycles. The van der Waals surface area contributed by atoms with E-state index in [0.717, 1.165) is 5.03 Å². The van der Waals surface area contributed by atoms with Gasteiger partial charge in [0.05, 0.1) is 0 Å². The molecule has 0 atom stereocenters. The van der Waals surface area contributed by atoms with E-state index >= 15 is 0 Å². The molecule has 2 rings (SSSR count). The van der Waals surface area contributed by atoms with E-state index in [1.54, 1.807) is 27.8 Å². The Morgan fingerprint density at radius 1 is 1.26 bits per heavy atom. The normalized spacial score (nSPS) is 11.4. The molecule has 0 aromatic carbocycles. The summed E-state index contributed by atoms with van der Waals surface area (Å²) in [7, 11) is 3.19. The smallest absolute Gasteiger partial charge is 0.333 e. The lowest BCUT2D eigenvalue weighted by atomic mass is 10.1. The largest absolute Gasteiger partial charge is 0.492 e. The van der Waals surface area contributed by atoms with Crippen LogP contribution in [0.3, 0.4) is 0 Å². The molecule has 2 aromatic heterocycles. The molecule has 2 N–H and O–H groups in total. The van der Waals surface area contributed by atoms with E-state index in [0.29, 0.717) is 11.2 Å². The second-order valence-corrected chi connectivity index (χ2v) is 8.26. The Hall–Kier alpha value is -1.80. The number of carbonyl (C=O) groups is 1. The SMILES string of the molecule is CC(C)(CCC(=O)On1c(O)ccc1O)SSc1ccccn1. The second kappa shape index (κ2) is 7.65. The van der Waals surface area contributed by atoms with E-state index in [9.17, 15) is 15.0 Å². The maximum atomic E-state index is 11.8. The lowest BCUT2D eigenvalue weighted by Crippen LogP contribution is -2.22. The molecule has 0 aliphatic heterocycles. The van der Waals surface area contributed by atoms with Gasteiger partial charge in [0.15, 0.2) is 0 Å². The number of hydrogen-bond acceptors (Lipinski definition) is 7. The first-order valence-corrected chi connectivity index (χ1v) is 9.10. The van der Waals surface area contributed by atoms with Crippen LogP contribution in [-0.4, -0.2) is 30.6 Å². The highest BCUT2D eigenvalue weighted by Crippen LogP contribution is 2.42. The fourth-order valence-corrected chi connectivity index (χ4v) is 3.85.